The van der Waals surface area contributed by atoms with E-state index in [2.05, 4.69) is 28.7 Å². The molecular weight excluding hydrogens is 383 g/mol. The third-order valence-electron chi connectivity index (χ3n) is 4.19. The highest BCUT2D eigenvalue weighted by Crippen LogP contribution is 2.20. The number of nitrogens with zero attached hydrogens (tertiary/aromatic N) is 2. The molecule has 4 nitrogen and oxygen atoms in total. The average molecular weight is 403 g/mol. The fourth-order valence-electron chi connectivity index (χ4n) is 2.77. The van der Waals surface area contributed by atoms with Gasteiger partial charge in [-0.25, -0.2) is 4.39 Å². The van der Waals surface area contributed by atoms with E-state index >= 15 is 0 Å². The van der Waals surface area contributed by atoms with Crippen LogP contribution in [0.2, 0.25) is 5.02 Å². The molecule has 0 spiro atoms. The molecule has 1 aromatic heterocycles. The molecule has 2 N–H and O–H groups in total. The number of thiocarbonyl (C=S) groups is 1. The maximum atomic E-state index is 13.2. The molecule has 0 bridgehead atoms. The predicted molar refractivity (Wildman–Crippen MR) is 113 cm³/mol. The first kappa shape index (κ1) is 19.3. The van der Waals surface area contributed by atoms with Crippen molar-refractivity contribution in [2.75, 3.05) is 10.6 Å². The van der Waals surface area contributed by atoms with E-state index in [9.17, 15) is 4.39 Å². The SMILES string of the molecule is Cc1ccc(NC(=S)Nc2cc(C)n(Cc3ccc(F)cc3Cl)n2)c(C)c1. The monoisotopic (exact) mass is 402 g/mol. The van der Waals surface area contributed by atoms with Gasteiger partial charge in [0.2, 0.25) is 0 Å². The Balaban J connectivity index is 1.69. The Kier molecular flexibility index (Phi) is 5.77. The summed E-state index contributed by atoms with van der Waals surface area (Å²) in [6.45, 7) is 6.47. The molecule has 0 aliphatic heterocycles. The summed E-state index contributed by atoms with van der Waals surface area (Å²) in [6.07, 6.45) is 0. The minimum Gasteiger partial charge on any atom is -0.332 e. The van der Waals surface area contributed by atoms with Gasteiger partial charge >= 0.3 is 0 Å². The molecule has 0 saturated carbocycles. The Morgan fingerprint density at radius 2 is 1.89 bits per heavy atom. The van der Waals surface area contributed by atoms with Gasteiger partial charge in [0.15, 0.2) is 10.9 Å². The lowest BCUT2D eigenvalue weighted by Gasteiger charge is -2.11. The van der Waals surface area contributed by atoms with Gasteiger partial charge in [-0.15, -0.1) is 0 Å². The number of benzene rings is 2. The molecular formula is C20H20ClFN4S. The minimum absolute atomic E-state index is 0.355. The number of halogens is 2. The van der Waals surface area contributed by atoms with Crippen LogP contribution in [0.4, 0.5) is 15.9 Å². The van der Waals surface area contributed by atoms with Gasteiger partial charge in [-0.1, -0.05) is 35.4 Å². The van der Waals surface area contributed by atoms with Crippen molar-refractivity contribution < 1.29 is 4.39 Å². The lowest BCUT2D eigenvalue weighted by Crippen LogP contribution is -2.20. The number of aryl methyl sites for hydroxylation is 3. The van der Waals surface area contributed by atoms with Gasteiger partial charge < -0.3 is 10.6 Å². The lowest BCUT2D eigenvalue weighted by molar-refractivity contribution is 0.623. The van der Waals surface area contributed by atoms with E-state index in [0.29, 0.717) is 22.5 Å². The van der Waals surface area contributed by atoms with Crippen LogP contribution >= 0.6 is 23.8 Å². The molecule has 140 valence electrons. The fourth-order valence-corrected chi connectivity index (χ4v) is 3.21. The normalized spacial score (nSPS) is 10.7. The second kappa shape index (κ2) is 8.06. The van der Waals surface area contributed by atoms with Crippen LogP contribution in [0.3, 0.4) is 0 Å². The molecule has 2 aromatic carbocycles. The molecule has 1 heterocycles. The number of anilines is 2. The first-order valence-corrected chi connectivity index (χ1v) is 9.24. The number of hydrogen-bond donors (Lipinski definition) is 2. The fraction of sp³-hybridized carbons (Fsp3) is 0.200. The van der Waals surface area contributed by atoms with Gasteiger partial charge in [-0.05, 0) is 62.3 Å². The standard InChI is InChI=1S/C20H20ClFN4S/c1-12-4-7-18(13(2)8-12)23-20(27)24-19-9-14(3)26(25-19)11-15-5-6-16(22)10-17(15)21/h4-10H,11H2,1-3H3,(H2,23,24,25,27). The Hall–Kier alpha value is -2.44. The van der Waals surface area contributed by atoms with E-state index in [1.54, 1.807) is 10.7 Å². The summed E-state index contributed by atoms with van der Waals surface area (Å²) in [5.41, 5.74) is 5.00. The maximum Gasteiger partial charge on any atom is 0.176 e. The van der Waals surface area contributed by atoms with Gasteiger partial charge in [-0.3, -0.25) is 4.68 Å². The highest BCUT2D eigenvalue weighted by molar-refractivity contribution is 7.80. The summed E-state index contributed by atoms with van der Waals surface area (Å²) in [5, 5.41) is 11.6. The molecule has 0 aliphatic rings. The average Bonchev–Trinajstić information content (AvgIpc) is 2.92. The van der Waals surface area contributed by atoms with E-state index in [4.69, 9.17) is 23.8 Å². The van der Waals surface area contributed by atoms with Crippen molar-refractivity contribution in [2.24, 2.45) is 0 Å². The van der Waals surface area contributed by atoms with Crippen LogP contribution in [0, 0.1) is 26.6 Å². The van der Waals surface area contributed by atoms with Gasteiger partial charge in [0.05, 0.1) is 6.54 Å². The van der Waals surface area contributed by atoms with Crippen molar-refractivity contribution >= 4 is 40.4 Å². The Bertz CT molecular complexity index is 1000. The third-order valence-corrected chi connectivity index (χ3v) is 4.74. The van der Waals surface area contributed by atoms with E-state index in [-0.39, 0.29) is 5.82 Å². The summed E-state index contributed by atoms with van der Waals surface area (Å²) in [4.78, 5) is 0. The molecule has 0 unspecified atom stereocenters. The van der Waals surface area contributed by atoms with Crippen molar-refractivity contribution in [1.82, 2.24) is 9.78 Å². The highest BCUT2D eigenvalue weighted by atomic mass is 35.5. The van der Waals surface area contributed by atoms with Crippen molar-refractivity contribution in [1.29, 1.82) is 0 Å². The van der Waals surface area contributed by atoms with E-state index in [1.807, 2.05) is 32.0 Å². The Morgan fingerprint density at radius 3 is 2.59 bits per heavy atom. The molecule has 0 aliphatic carbocycles. The quantitative estimate of drug-likeness (QED) is 0.569. The first-order valence-electron chi connectivity index (χ1n) is 8.45. The molecule has 7 heteroatoms. The molecule has 0 atom stereocenters. The summed E-state index contributed by atoms with van der Waals surface area (Å²) in [7, 11) is 0. The van der Waals surface area contributed by atoms with Gasteiger partial charge in [0.25, 0.3) is 0 Å². The van der Waals surface area contributed by atoms with Crippen molar-refractivity contribution in [3.05, 3.63) is 75.7 Å². The largest absolute Gasteiger partial charge is 0.332 e. The third kappa shape index (κ3) is 4.84. The molecule has 0 fully saturated rings. The van der Waals surface area contributed by atoms with Crippen LogP contribution in [-0.2, 0) is 6.54 Å². The molecule has 0 amide bonds. The molecule has 27 heavy (non-hydrogen) atoms. The summed E-state index contributed by atoms with van der Waals surface area (Å²) in [5.74, 6) is 0.277. The Labute approximate surface area is 168 Å². The zero-order valence-corrected chi connectivity index (χ0v) is 16.9. The second-order valence-corrected chi connectivity index (χ2v) is 7.28. The zero-order valence-electron chi connectivity index (χ0n) is 15.3. The summed E-state index contributed by atoms with van der Waals surface area (Å²) >= 11 is 11.5. The Morgan fingerprint density at radius 1 is 1.11 bits per heavy atom. The highest BCUT2D eigenvalue weighted by Gasteiger charge is 2.10. The van der Waals surface area contributed by atoms with E-state index in [0.717, 1.165) is 22.5 Å². The first-order chi connectivity index (χ1) is 12.8. The number of aromatic nitrogens is 2. The summed E-state index contributed by atoms with van der Waals surface area (Å²) < 4.78 is 15.0. The van der Waals surface area contributed by atoms with Gasteiger partial charge in [-0.2, -0.15) is 5.10 Å². The molecule has 0 saturated heterocycles. The van der Waals surface area contributed by atoms with Crippen molar-refractivity contribution in [3.8, 4) is 0 Å². The minimum atomic E-state index is -0.355. The smallest absolute Gasteiger partial charge is 0.176 e. The molecule has 0 radical (unpaired) electrons. The van der Waals surface area contributed by atoms with Gasteiger partial charge in [0, 0.05) is 22.5 Å². The number of nitrogens with one attached hydrogen (secondary N) is 2. The van der Waals surface area contributed by atoms with Crippen LogP contribution in [0.25, 0.3) is 0 Å². The van der Waals surface area contributed by atoms with Crippen LogP contribution < -0.4 is 10.6 Å². The van der Waals surface area contributed by atoms with Crippen LogP contribution in [0.5, 0.6) is 0 Å². The summed E-state index contributed by atoms with van der Waals surface area (Å²) in [6, 6.07) is 12.4. The van der Waals surface area contributed by atoms with Crippen molar-refractivity contribution in [2.45, 2.75) is 27.3 Å². The van der Waals surface area contributed by atoms with Crippen LogP contribution in [-0.4, -0.2) is 14.9 Å². The molecule has 3 rings (SSSR count). The van der Waals surface area contributed by atoms with E-state index in [1.165, 1.54) is 17.7 Å². The topological polar surface area (TPSA) is 41.9 Å². The van der Waals surface area contributed by atoms with Gasteiger partial charge in [0.1, 0.15) is 5.82 Å². The maximum absolute atomic E-state index is 13.2. The van der Waals surface area contributed by atoms with E-state index < -0.39 is 0 Å². The predicted octanol–water partition coefficient (Wildman–Crippen LogP) is 5.46. The van der Waals surface area contributed by atoms with Crippen molar-refractivity contribution in [3.63, 3.8) is 0 Å². The zero-order chi connectivity index (χ0) is 19.6. The number of rotatable bonds is 4. The lowest BCUT2D eigenvalue weighted by atomic mass is 10.1. The van der Waals surface area contributed by atoms with Crippen LogP contribution in [0.15, 0.2) is 42.5 Å². The molecule has 3 aromatic rings. The number of hydrogen-bond acceptors (Lipinski definition) is 2. The second-order valence-electron chi connectivity index (χ2n) is 6.46. The van der Waals surface area contributed by atoms with Crippen LogP contribution in [0.1, 0.15) is 22.4 Å².